The van der Waals surface area contributed by atoms with E-state index in [9.17, 15) is 9.59 Å². The number of carbonyl (C=O) groups is 2. The third kappa shape index (κ3) is 3.50. The predicted octanol–water partition coefficient (Wildman–Crippen LogP) is 2.16. The Labute approximate surface area is 160 Å². The minimum Gasteiger partial charge on any atom is -0.399 e. The normalized spacial score (nSPS) is 24.2. The second-order valence-electron chi connectivity index (χ2n) is 8.92. The van der Waals surface area contributed by atoms with E-state index in [1.807, 2.05) is 52.0 Å². The summed E-state index contributed by atoms with van der Waals surface area (Å²) in [4.78, 5) is 27.7. The molecule has 0 aromatic heterocycles. The summed E-state index contributed by atoms with van der Waals surface area (Å²) < 4.78 is 12.1. The van der Waals surface area contributed by atoms with Gasteiger partial charge in [-0.15, -0.1) is 0 Å². The summed E-state index contributed by atoms with van der Waals surface area (Å²) in [5.74, 6) is 0.429. The van der Waals surface area contributed by atoms with Gasteiger partial charge in [-0.2, -0.15) is 0 Å². The topological polar surface area (TPSA) is 59.1 Å². The number of rotatable bonds is 5. The second kappa shape index (κ2) is 6.35. The summed E-state index contributed by atoms with van der Waals surface area (Å²) in [6.45, 7) is 9.32. The molecular formula is C20H27BN2O4. The number of amides is 3. The Hall–Kier alpha value is -1.86. The van der Waals surface area contributed by atoms with Crippen LogP contribution in [-0.2, 0) is 20.6 Å². The summed E-state index contributed by atoms with van der Waals surface area (Å²) in [6.07, 6.45) is 2.24. The van der Waals surface area contributed by atoms with E-state index < -0.39 is 7.12 Å². The summed E-state index contributed by atoms with van der Waals surface area (Å²) in [5.41, 5.74) is 1.20. The molecule has 3 aliphatic rings. The van der Waals surface area contributed by atoms with Crippen LogP contribution >= 0.6 is 0 Å². The minimum atomic E-state index is -0.395. The van der Waals surface area contributed by atoms with E-state index in [1.165, 1.54) is 4.90 Å². The lowest BCUT2D eigenvalue weighted by molar-refractivity contribution is -0.125. The van der Waals surface area contributed by atoms with Crippen LogP contribution in [0.3, 0.4) is 0 Å². The van der Waals surface area contributed by atoms with Crippen molar-refractivity contribution >= 4 is 24.5 Å². The number of hydrogen-bond donors (Lipinski definition) is 0. The van der Waals surface area contributed by atoms with Crippen LogP contribution < -0.4 is 5.46 Å². The van der Waals surface area contributed by atoms with E-state index in [1.54, 1.807) is 4.90 Å². The highest BCUT2D eigenvalue weighted by Gasteiger charge is 2.51. The summed E-state index contributed by atoms with van der Waals surface area (Å²) in [7, 11) is -0.395. The fourth-order valence-electron chi connectivity index (χ4n) is 3.44. The van der Waals surface area contributed by atoms with Crippen molar-refractivity contribution in [3.8, 4) is 0 Å². The Morgan fingerprint density at radius 1 is 1.04 bits per heavy atom. The molecule has 144 valence electrons. The molecule has 1 aliphatic carbocycles. The van der Waals surface area contributed by atoms with E-state index in [2.05, 4.69) is 0 Å². The largest absolute Gasteiger partial charge is 0.494 e. The van der Waals surface area contributed by atoms with Gasteiger partial charge < -0.3 is 14.2 Å². The average molecular weight is 370 g/mol. The van der Waals surface area contributed by atoms with Gasteiger partial charge in [0.1, 0.15) is 6.54 Å². The van der Waals surface area contributed by atoms with Crippen molar-refractivity contribution in [2.75, 3.05) is 13.1 Å². The smallest absolute Gasteiger partial charge is 0.399 e. The number of urea groups is 1. The molecule has 2 saturated heterocycles. The molecule has 2 heterocycles. The van der Waals surface area contributed by atoms with Crippen LogP contribution in [0.2, 0.25) is 0 Å². The molecule has 1 saturated carbocycles. The average Bonchev–Trinajstić information content (AvgIpc) is 3.33. The Bertz CT molecular complexity index is 742. The predicted molar refractivity (Wildman–Crippen MR) is 102 cm³/mol. The summed E-state index contributed by atoms with van der Waals surface area (Å²) in [5, 5.41) is 0. The summed E-state index contributed by atoms with van der Waals surface area (Å²) >= 11 is 0. The van der Waals surface area contributed by atoms with Crippen LogP contribution in [0.1, 0.15) is 46.1 Å². The van der Waals surface area contributed by atoms with Crippen LogP contribution in [0.4, 0.5) is 4.79 Å². The molecule has 0 N–H and O–H groups in total. The Kier molecular flexibility index (Phi) is 4.35. The van der Waals surface area contributed by atoms with Crippen molar-refractivity contribution in [1.82, 2.24) is 9.80 Å². The highest BCUT2D eigenvalue weighted by Crippen LogP contribution is 2.36. The minimum absolute atomic E-state index is 0.0826. The Morgan fingerprint density at radius 3 is 2.19 bits per heavy atom. The molecule has 0 radical (unpaired) electrons. The van der Waals surface area contributed by atoms with Gasteiger partial charge in [0, 0.05) is 13.1 Å². The second-order valence-corrected chi connectivity index (χ2v) is 8.92. The number of imide groups is 1. The molecule has 0 unspecified atom stereocenters. The number of nitrogens with zero attached hydrogens (tertiary/aromatic N) is 2. The number of carbonyl (C=O) groups excluding carboxylic acids is 2. The van der Waals surface area contributed by atoms with Gasteiger partial charge in [-0.05, 0) is 57.5 Å². The molecule has 4 rings (SSSR count). The summed E-state index contributed by atoms with van der Waals surface area (Å²) in [6, 6.07) is 7.73. The molecule has 1 aromatic carbocycles. The van der Waals surface area contributed by atoms with Crippen molar-refractivity contribution in [3.05, 3.63) is 29.8 Å². The lowest BCUT2D eigenvalue weighted by Crippen LogP contribution is -2.41. The first-order valence-electron chi connectivity index (χ1n) is 9.70. The van der Waals surface area contributed by atoms with Crippen molar-refractivity contribution < 1.29 is 18.9 Å². The molecule has 7 heteroatoms. The Morgan fingerprint density at radius 2 is 1.63 bits per heavy atom. The first-order valence-corrected chi connectivity index (χ1v) is 9.70. The van der Waals surface area contributed by atoms with Crippen molar-refractivity contribution in [3.63, 3.8) is 0 Å². The molecule has 27 heavy (non-hydrogen) atoms. The first-order chi connectivity index (χ1) is 12.7. The molecule has 1 aromatic rings. The molecule has 0 bridgehead atoms. The molecule has 3 amide bonds. The molecule has 6 nitrogen and oxygen atoms in total. The van der Waals surface area contributed by atoms with Crippen molar-refractivity contribution in [2.24, 2.45) is 5.92 Å². The van der Waals surface area contributed by atoms with Crippen LogP contribution in [-0.4, -0.2) is 53.1 Å². The molecule has 2 aliphatic heterocycles. The van der Waals surface area contributed by atoms with Crippen molar-refractivity contribution in [1.29, 1.82) is 0 Å². The maximum atomic E-state index is 12.5. The van der Waals surface area contributed by atoms with Crippen molar-refractivity contribution in [2.45, 2.75) is 58.3 Å². The maximum Gasteiger partial charge on any atom is 0.494 e. The van der Waals surface area contributed by atoms with Gasteiger partial charge in [0.05, 0.1) is 11.2 Å². The zero-order chi connectivity index (χ0) is 19.4. The fourth-order valence-corrected chi connectivity index (χ4v) is 3.44. The van der Waals surface area contributed by atoms with Gasteiger partial charge in [0.25, 0.3) is 0 Å². The van der Waals surface area contributed by atoms with Gasteiger partial charge in [-0.3, -0.25) is 9.69 Å². The maximum absolute atomic E-state index is 12.5. The van der Waals surface area contributed by atoms with Gasteiger partial charge in [-0.25, -0.2) is 4.79 Å². The lowest BCUT2D eigenvalue weighted by Gasteiger charge is -2.32. The molecule has 0 spiro atoms. The number of benzene rings is 1. The standard InChI is InChI=1S/C20H27BN2O4/c1-19(2)20(3,4)27-21(26-19)16-9-7-14(8-10-16)11-22-13-17(24)23(18(22)25)12-15-5-6-15/h7-10,15H,5-6,11-13H2,1-4H3. The van der Waals surface area contributed by atoms with Gasteiger partial charge >= 0.3 is 13.1 Å². The zero-order valence-corrected chi connectivity index (χ0v) is 16.5. The highest BCUT2D eigenvalue weighted by molar-refractivity contribution is 6.62. The van der Waals surface area contributed by atoms with Gasteiger partial charge in [0.2, 0.25) is 5.91 Å². The highest BCUT2D eigenvalue weighted by atomic mass is 16.7. The van der Waals surface area contributed by atoms with Gasteiger partial charge in [0.15, 0.2) is 0 Å². The molecular weight excluding hydrogens is 343 g/mol. The Balaban J connectivity index is 1.40. The molecule has 0 atom stereocenters. The van der Waals surface area contributed by atoms with E-state index >= 15 is 0 Å². The van der Waals surface area contributed by atoms with E-state index in [-0.39, 0.29) is 29.7 Å². The van der Waals surface area contributed by atoms with Gasteiger partial charge in [-0.1, -0.05) is 24.3 Å². The monoisotopic (exact) mass is 370 g/mol. The lowest BCUT2D eigenvalue weighted by atomic mass is 9.79. The quantitative estimate of drug-likeness (QED) is 0.589. The van der Waals surface area contributed by atoms with Crippen LogP contribution in [0.5, 0.6) is 0 Å². The van der Waals surface area contributed by atoms with E-state index in [4.69, 9.17) is 9.31 Å². The van der Waals surface area contributed by atoms with E-state index in [0.29, 0.717) is 19.0 Å². The van der Waals surface area contributed by atoms with Crippen LogP contribution in [0.25, 0.3) is 0 Å². The van der Waals surface area contributed by atoms with Crippen LogP contribution in [0, 0.1) is 5.92 Å². The SMILES string of the molecule is CC1(C)OB(c2ccc(CN3CC(=O)N(CC4CC4)C3=O)cc2)OC1(C)C. The third-order valence-electron chi connectivity index (χ3n) is 6.14. The molecule has 3 fully saturated rings. The van der Waals surface area contributed by atoms with E-state index in [0.717, 1.165) is 23.9 Å². The zero-order valence-electron chi connectivity index (χ0n) is 16.5. The first kappa shape index (κ1) is 18.5. The fraction of sp³-hybridized carbons (Fsp3) is 0.600. The van der Waals surface area contributed by atoms with Crippen LogP contribution in [0.15, 0.2) is 24.3 Å². The third-order valence-corrected chi connectivity index (χ3v) is 6.14. The number of hydrogen-bond acceptors (Lipinski definition) is 4.